The number of nitrogens with zero attached hydrogens (tertiary/aromatic N) is 2. The van der Waals surface area contributed by atoms with Crippen LogP contribution >= 0.6 is 0 Å². The Morgan fingerprint density at radius 3 is 2.57 bits per heavy atom. The number of carbonyl (C=O) groups excluding carboxylic acids is 3. The Bertz CT molecular complexity index is 874. The Kier molecular flexibility index (Phi) is 6.03. The lowest BCUT2D eigenvalue weighted by Gasteiger charge is -2.32. The molecular weight excluding hydrogens is 367 g/mol. The maximum Gasteiger partial charge on any atom is 0.314 e. The maximum absolute atomic E-state index is 13.8. The average Bonchev–Trinajstić information content (AvgIpc) is 3.11. The first kappa shape index (κ1) is 19.5. The van der Waals surface area contributed by atoms with E-state index in [0.29, 0.717) is 38.2 Å². The Balaban J connectivity index is 1.43. The van der Waals surface area contributed by atoms with Crippen molar-refractivity contribution in [2.45, 2.75) is 19.8 Å². The van der Waals surface area contributed by atoms with Crippen LogP contribution in [0.25, 0.3) is 0 Å². The lowest BCUT2D eigenvalue weighted by atomic mass is 9.96. The largest absolute Gasteiger partial charge is 0.360 e. The Morgan fingerprint density at radius 2 is 1.93 bits per heavy atom. The van der Waals surface area contributed by atoms with E-state index in [-0.39, 0.29) is 23.2 Å². The molecule has 148 valence electrons. The Labute approximate surface area is 161 Å². The third kappa shape index (κ3) is 4.73. The van der Waals surface area contributed by atoms with Crippen LogP contribution in [0.1, 0.15) is 29.0 Å². The summed E-state index contributed by atoms with van der Waals surface area (Å²) < 4.78 is 18.6. The standard InChI is InChI=1S/C19H21FN4O4/c1-12-10-16(23-28-12)22-18(26)17(25)21-11-13-6-8-24(9-7-13)19(27)14-4-2-3-5-15(14)20/h2-5,10,13H,6-9,11H2,1H3,(H,21,25)(H,22,23,26). The van der Waals surface area contributed by atoms with E-state index in [4.69, 9.17) is 4.52 Å². The highest BCUT2D eigenvalue weighted by molar-refractivity contribution is 6.39. The molecule has 1 saturated heterocycles. The lowest BCUT2D eigenvalue weighted by Crippen LogP contribution is -2.43. The van der Waals surface area contributed by atoms with Crippen LogP contribution in [-0.4, -0.2) is 47.4 Å². The van der Waals surface area contributed by atoms with Crippen LogP contribution in [0.4, 0.5) is 10.2 Å². The summed E-state index contributed by atoms with van der Waals surface area (Å²) >= 11 is 0. The highest BCUT2D eigenvalue weighted by Gasteiger charge is 2.26. The molecule has 1 aromatic carbocycles. The van der Waals surface area contributed by atoms with E-state index in [1.165, 1.54) is 18.2 Å². The highest BCUT2D eigenvalue weighted by Crippen LogP contribution is 2.19. The third-order valence-electron chi connectivity index (χ3n) is 4.63. The second-order valence-corrected chi connectivity index (χ2v) is 6.70. The number of halogens is 1. The first-order chi connectivity index (χ1) is 13.4. The monoisotopic (exact) mass is 388 g/mol. The van der Waals surface area contributed by atoms with Crippen LogP contribution in [0, 0.1) is 18.7 Å². The summed E-state index contributed by atoms with van der Waals surface area (Å²) in [5.41, 5.74) is 0.0639. The number of hydrogen-bond donors (Lipinski definition) is 2. The normalized spacial score (nSPS) is 14.6. The SMILES string of the molecule is Cc1cc(NC(=O)C(=O)NCC2CCN(C(=O)c3ccccc3F)CC2)no1. The zero-order valence-electron chi connectivity index (χ0n) is 15.4. The van der Waals surface area contributed by atoms with Gasteiger partial charge in [-0.25, -0.2) is 4.39 Å². The van der Waals surface area contributed by atoms with Gasteiger partial charge in [0, 0.05) is 25.7 Å². The first-order valence-electron chi connectivity index (χ1n) is 9.00. The number of carbonyl (C=O) groups is 3. The summed E-state index contributed by atoms with van der Waals surface area (Å²) in [6.07, 6.45) is 1.31. The van der Waals surface area contributed by atoms with Crippen molar-refractivity contribution in [1.82, 2.24) is 15.4 Å². The molecule has 3 amide bonds. The van der Waals surface area contributed by atoms with Crippen molar-refractivity contribution in [1.29, 1.82) is 0 Å². The molecule has 1 fully saturated rings. The molecule has 0 bridgehead atoms. The number of nitrogens with one attached hydrogen (secondary N) is 2. The van der Waals surface area contributed by atoms with Gasteiger partial charge in [-0.2, -0.15) is 0 Å². The number of benzene rings is 1. The summed E-state index contributed by atoms with van der Waals surface area (Å²) in [5, 5.41) is 8.54. The fourth-order valence-corrected chi connectivity index (χ4v) is 3.06. The molecule has 2 N–H and O–H groups in total. The highest BCUT2D eigenvalue weighted by atomic mass is 19.1. The number of hydrogen-bond acceptors (Lipinski definition) is 5. The molecule has 1 aliphatic rings. The molecule has 0 saturated carbocycles. The molecule has 28 heavy (non-hydrogen) atoms. The number of anilines is 1. The van der Waals surface area contributed by atoms with E-state index in [2.05, 4.69) is 15.8 Å². The molecule has 1 aliphatic heterocycles. The van der Waals surface area contributed by atoms with Crippen molar-refractivity contribution < 1.29 is 23.3 Å². The fraction of sp³-hybridized carbons (Fsp3) is 0.368. The van der Waals surface area contributed by atoms with Gasteiger partial charge in [-0.3, -0.25) is 19.7 Å². The van der Waals surface area contributed by atoms with Gasteiger partial charge < -0.3 is 14.7 Å². The zero-order chi connectivity index (χ0) is 20.1. The summed E-state index contributed by atoms with van der Waals surface area (Å²) in [7, 11) is 0. The molecule has 0 atom stereocenters. The molecule has 2 heterocycles. The van der Waals surface area contributed by atoms with Gasteiger partial charge in [0.2, 0.25) is 0 Å². The average molecular weight is 388 g/mol. The molecular formula is C19H21FN4O4. The lowest BCUT2D eigenvalue weighted by molar-refractivity contribution is -0.136. The maximum atomic E-state index is 13.8. The molecule has 9 heteroatoms. The molecule has 8 nitrogen and oxygen atoms in total. The van der Waals surface area contributed by atoms with Gasteiger partial charge in [0.25, 0.3) is 5.91 Å². The van der Waals surface area contributed by atoms with E-state index in [1.807, 2.05) is 0 Å². The van der Waals surface area contributed by atoms with Crippen LogP contribution < -0.4 is 10.6 Å². The number of amides is 3. The van der Waals surface area contributed by atoms with Gasteiger partial charge in [0.1, 0.15) is 11.6 Å². The first-order valence-corrected chi connectivity index (χ1v) is 9.00. The van der Waals surface area contributed by atoms with E-state index >= 15 is 0 Å². The second-order valence-electron chi connectivity index (χ2n) is 6.70. The number of aryl methyl sites for hydroxylation is 1. The summed E-state index contributed by atoms with van der Waals surface area (Å²) in [4.78, 5) is 37.8. The van der Waals surface area contributed by atoms with Crippen LogP contribution in [-0.2, 0) is 9.59 Å². The van der Waals surface area contributed by atoms with Crippen molar-refractivity contribution in [2.24, 2.45) is 5.92 Å². The predicted molar refractivity (Wildman–Crippen MR) is 97.9 cm³/mol. The van der Waals surface area contributed by atoms with Gasteiger partial charge >= 0.3 is 11.8 Å². The van der Waals surface area contributed by atoms with Gasteiger partial charge in [-0.15, -0.1) is 0 Å². The van der Waals surface area contributed by atoms with E-state index in [1.54, 1.807) is 24.0 Å². The van der Waals surface area contributed by atoms with Crippen LogP contribution in [0.3, 0.4) is 0 Å². The van der Waals surface area contributed by atoms with Crippen molar-refractivity contribution in [3.05, 3.63) is 47.5 Å². The Morgan fingerprint density at radius 1 is 1.21 bits per heavy atom. The van der Waals surface area contributed by atoms with Gasteiger partial charge in [-0.1, -0.05) is 17.3 Å². The van der Waals surface area contributed by atoms with E-state index < -0.39 is 17.6 Å². The van der Waals surface area contributed by atoms with Crippen molar-refractivity contribution in [2.75, 3.05) is 25.0 Å². The van der Waals surface area contributed by atoms with Crippen LogP contribution in [0.2, 0.25) is 0 Å². The quantitative estimate of drug-likeness (QED) is 0.776. The van der Waals surface area contributed by atoms with Crippen molar-refractivity contribution in [3.8, 4) is 0 Å². The van der Waals surface area contributed by atoms with Gasteiger partial charge in [0.15, 0.2) is 5.82 Å². The molecule has 0 radical (unpaired) electrons. The smallest absolute Gasteiger partial charge is 0.314 e. The molecule has 0 unspecified atom stereocenters. The number of piperidine rings is 1. The van der Waals surface area contributed by atoms with Crippen LogP contribution in [0.5, 0.6) is 0 Å². The van der Waals surface area contributed by atoms with Gasteiger partial charge in [0.05, 0.1) is 5.56 Å². The summed E-state index contributed by atoms with van der Waals surface area (Å²) in [6, 6.07) is 7.42. The topological polar surface area (TPSA) is 105 Å². The minimum Gasteiger partial charge on any atom is -0.360 e. The number of aromatic nitrogens is 1. The second kappa shape index (κ2) is 8.64. The van der Waals surface area contributed by atoms with Crippen LogP contribution in [0.15, 0.2) is 34.9 Å². The minimum atomic E-state index is -0.819. The summed E-state index contributed by atoms with van der Waals surface area (Å²) in [5.74, 6) is -1.61. The van der Waals surface area contributed by atoms with Gasteiger partial charge in [-0.05, 0) is 37.8 Å². The molecule has 1 aromatic heterocycles. The van der Waals surface area contributed by atoms with E-state index in [9.17, 15) is 18.8 Å². The summed E-state index contributed by atoms with van der Waals surface area (Å²) in [6.45, 7) is 2.94. The zero-order valence-corrected chi connectivity index (χ0v) is 15.4. The number of rotatable bonds is 4. The molecule has 3 rings (SSSR count). The third-order valence-corrected chi connectivity index (χ3v) is 4.63. The fourth-order valence-electron chi connectivity index (χ4n) is 3.06. The van der Waals surface area contributed by atoms with Crippen molar-refractivity contribution in [3.63, 3.8) is 0 Å². The molecule has 2 aromatic rings. The van der Waals surface area contributed by atoms with E-state index in [0.717, 1.165) is 0 Å². The molecule has 0 spiro atoms. The molecule has 0 aliphatic carbocycles. The Hall–Kier alpha value is -3.23. The minimum absolute atomic E-state index is 0.0639. The van der Waals surface area contributed by atoms with Crippen molar-refractivity contribution >= 4 is 23.5 Å². The predicted octanol–water partition coefficient (Wildman–Crippen LogP) is 1.73. The number of likely N-dealkylation sites (tertiary alicyclic amines) is 1.